The van der Waals surface area contributed by atoms with E-state index in [4.69, 9.17) is 4.74 Å². The lowest BCUT2D eigenvalue weighted by Crippen LogP contribution is -2.21. The molecule has 1 aliphatic rings. The van der Waals surface area contributed by atoms with Crippen molar-refractivity contribution in [1.29, 1.82) is 0 Å². The molecule has 3 rings (SSSR count). The minimum Gasteiger partial charge on any atom is -0.456 e. The summed E-state index contributed by atoms with van der Waals surface area (Å²) in [6, 6.07) is 11.9. The number of anilines is 1. The number of carbonyl (C=O) groups is 2. The summed E-state index contributed by atoms with van der Waals surface area (Å²) in [6.45, 7) is -0.306. The number of ether oxygens (including phenoxy) is 1. The van der Waals surface area contributed by atoms with Crippen LogP contribution >= 0.6 is 0 Å². The Morgan fingerprint density at radius 2 is 1.80 bits per heavy atom. The van der Waals surface area contributed by atoms with Gasteiger partial charge >= 0.3 is 5.97 Å². The van der Waals surface area contributed by atoms with Crippen LogP contribution in [0.1, 0.15) is 29.5 Å². The molecule has 0 spiro atoms. The Morgan fingerprint density at radius 3 is 2.60 bits per heavy atom. The van der Waals surface area contributed by atoms with Gasteiger partial charge in [-0.25, -0.2) is 4.39 Å². The maximum Gasteiger partial charge on any atom is 0.306 e. The van der Waals surface area contributed by atoms with Crippen LogP contribution in [0, 0.1) is 5.82 Å². The molecule has 0 radical (unpaired) electrons. The van der Waals surface area contributed by atoms with E-state index in [1.165, 1.54) is 23.3 Å². The van der Waals surface area contributed by atoms with Crippen LogP contribution in [-0.2, 0) is 33.6 Å². The normalized spacial score (nSPS) is 12.5. The van der Waals surface area contributed by atoms with E-state index in [-0.39, 0.29) is 24.8 Å². The lowest BCUT2D eigenvalue weighted by Gasteiger charge is -2.08. The smallest absolute Gasteiger partial charge is 0.306 e. The summed E-state index contributed by atoms with van der Waals surface area (Å²) in [4.78, 5) is 23.6. The fourth-order valence-electron chi connectivity index (χ4n) is 2.96. The van der Waals surface area contributed by atoms with E-state index in [2.05, 4.69) is 5.32 Å². The lowest BCUT2D eigenvalue weighted by molar-refractivity contribution is -0.147. The van der Waals surface area contributed by atoms with E-state index in [1.54, 1.807) is 12.1 Å². The Kier molecular flexibility index (Phi) is 5.43. The standard InChI is InChI=1S/C20H20FNO3/c21-17-8-4-14(5-9-17)6-11-20(24)25-13-19(23)22-18-10-7-15-2-1-3-16(15)12-18/h4-5,7-10,12H,1-3,6,11,13H2,(H,22,23). The number of halogens is 1. The van der Waals surface area contributed by atoms with Gasteiger partial charge in [0.1, 0.15) is 5.82 Å². The molecular weight excluding hydrogens is 321 g/mol. The van der Waals surface area contributed by atoms with Crippen LogP contribution in [0.3, 0.4) is 0 Å². The van der Waals surface area contributed by atoms with Crippen LogP contribution in [0.4, 0.5) is 10.1 Å². The van der Waals surface area contributed by atoms with Gasteiger partial charge in [0.05, 0.1) is 0 Å². The molecule has 0 unspecified atom stereocenters. The topological polar surface area (TPSA) is 55.4 Å². The third kappa shape index (κ3) is 4.89. The second-order valence-corrected chi connectivity index (χ2v) is 6.17. The molecule has 0 fully saturated rings. The molecule has 0 aromatic heterocycles. The molecule has 1 aliphatic carbocycles. The number of aryl methyl sites for hydroxylation is 3. The van der Waals surface area contributed by atoms with Crippen molar-refractivity contribution in [1.82, 2.24) is 0 Å². The SMILES string of the molecule is O=C(COC(=O)CCc1ccc(F)cc1)Nc1ccc2c(c1)CCC2. The van der Waals surface area contributed by atoms with Crippen LogP contribution in [0.25, 0.3) is 0 Å². The Morgan fingerprint density at radius 1 is 1.04 bits per heavy atom. The molecular formula is C20H20FNO3. The van der Waals surface area contributed by atoms with Crippen LogP contribution in [-0.4, -0.2) is 18.5 Å². The molecule has 1 N–H and O–H groups in total. The number of rotatable bonds is 6. The molecule has 0 bridgehead atoms. The average molecular weight is 341 g/mol. The maximum absolute atomic E-state index is 12.8. The van der Waals surface area contributed by atoms with Gasteiger partial charge in [-0.05, 0) is 66.6 Å². The maximum atomic E-state index is 12.8. The van der Waals surface area contributed by atoms with Crippen LogP contribution in [0.5, 0.6) is 0 Å². The molecule has 130 valence electrons. The van der Waals surface area contributed by atoms with E-state index in [9.17, 15) is 14.0 Å². The quantitative estimate of drug-likeness (QED) is 0.819. The first kappa shape index (κ1) is 17.1. The summed E-state index contributed by atoms with van der Waals surface area (Å²) in [6.07, 6.45) is 3.88. The van der Waals surface area contributed by atoms with Crippen molar-refractivity contribution in [3.8, 4) is 0 Å². The number of esters is 1. The highest BCUT2D eigenvalue weighted by Crippen LogP contribution is 2.24. The molecule has 5 heteroatoms. The van der Waals surface area contributed by atoms with Gasteiger partial charge in [0.15, 0.2) is 6.61 Å². The first-order chi connectivity index (χ1) is 12.1. The van der Waals surface area contributed by atoms with Crippen LogP contribution in [0.2, 0.25) is 0 Å². The molecule has 4 nitrogen and oxygen atoms in total. The van der Waals surface area contributed by atoms with Gasteiger partial charge in [0.25, 0.3) is 5.91 Å². The summed E-state index contributed by atoms with van der Waals surface area (Å²) in [5, 5.41) is 2.75. The largest absolute Gasteiger partial charge is 0.456 e. The average Bonchev–Trinajstić information content (AvgIpc) is 3.07. The summed E-state index contributed by atoms with van der Waals surface area (Å²) in [5.74, 6) is -1.11. The predicted octanol–water partition coefficient (Wildman–Crippen LogP) is 3.43. The Hall–Kier alpha value is -2.69. The first-order valence-corrected chi connectivity index (χ1v) is 8.42. The Labute approximate surface area is 146 Å². The second-order valence-electron chi connectivity index (χ2n) is 6.17. The van der Waals surface area contributed by atoms with Gasteiger partial charge in [-0.15, -0.1) is 0 Å². The lowest BCUT2D eigenvalue weighted by atomic mass is 10.1. The van der Waals surface area contributed by atoms with Gasteiger partial charge in [-0.3, -0.25) is 9.59 Å². The fraction of sp³-hybridized carbons (Fsp3) is 0.300. The highest BCUT2D eigenvalue weighted by Gasteiger charge is 2.13. The predicted molar refractivity (Wildman–Crippen MR) is 92.8 cm³/mol. The first-order valence-electron chi connectivity index (χ1n) is 8.42. The Balaban J connectivity index is 1.41. The molecule has 0 heterocycles. The molecule has 0 saturated carbocycles. The van der Waals surface area contributed by atoms with Crippen LogP contribution < -0.4 is 5.32 Å². The van der Waals surface area contributed by atoms with Gasteiger partial charge < -0.3 is 10.1 Å². The van der Waals surface area contributed by atoms with Crippen LogP contribution in [0.15, 0.2) is 42.5 Å². The van der Waals surface area contributed by atoms with Crippen molar-refractivity contribution in [3.63, 3.8) is 0 Å². The number of hydrogen-bond donors (Lipinski definition) is 1. The molecule has 2 aromatic rings. The fourth-order valence-corrected chi connectivity index (χ4v) is 2.96. The summed E-state index contributed by atoms with van der Waals surface area (Å²) in [5.41, 5.74) is 4.19. The van der Waals surface area contributed by atoms with Crippen molar-refractivity contribution in [3.05, 3.63) is 65.0 Å². The summed E-state index contributed by atoms with van der Waals surface area (Å²) < 4.78 is 17.8. The Bertz CT molecular complexity index is 771. The summed E-state index contributed by atoms with van der Waals surface area (Å²) in [7, 11) is 0. The number of carbonyl (C=O) groups excluding carboxylic acids is 2. The van der Waals surface area contributed by atoms with E-state index >= 15 is 0 Å². The van der Waals surface area contributed by atoms with Crippen molar-refractivity contribution >= 4 is 17.6 Å². The number of fused-ring (bicyclic) bond motifs is 1. The molecule has 0 aliphatic heterocycles. The second kappa shape index (κ2) is 7.92. The van der Waals surface area contributed by atoms with E-state index in [1.807, 2.05) is 18.2 Å². The molecule has 0 atom stereocenters. The van der Waals surface area contributed by atoms with Crippen molar-refractivity contribution in [2.45, 2.75) is 32.1 Å². The molecule has 1 amide bonds. The van der Waals surface area contributed by atoms with E-state index in [0.717, 1.165) is 30.5 Å². The van der Waals surface area contributed by atoms with Gasteiger partial charge in [0, 0.05) is 12.1 Å². The highest BCUT2D eigenvalue weighted by atomic mass is 19.1. The monoisotopic (exact) mass is 341 g/mol. The van der Waals surface area contributed by atoms with Gasteiger partial charge in [0.2, 0.25) is 0 Å². The minimum atomic E-state index is -0.451. The van der Waals surface area contributed by atoms with Crippen molar-refractivity contribution < 1.29 is 18.7 Å². The number of amides is 1. The molecule has 0 saturated heterocycles. The number of benzene rings is 2. The third-order valence-electron chi connectivity index (χ3n) is 4.28. The van der Waals surface area contributed by atoms with Crippen molar-refractivity contribution in [2.24, 2.45) is 0 Å². The zero-order chi connectivity index (χ0) is 17.6. The van der Waals surface area contributed by atoms with E-state index in [0.29, 0.717) is 6.42 Å². The van der Waals surface area contributed by atoms with Gasteiger partial charge in [-0.1, -0.05) is 18.2 Å². The minimum absolute atomic E-state index is 0.151. The molecule has 2 aromatic carbocycles. The zero-order valence-electron chi connectivity index (χ0n) is 13.9. The third-order valence-corrected chi connectivity index (χ3v) is 4.28. The number of hydrogen-bond acceptors (Lipinski definition) is 3. The summed E-state index contributed by atoms with van der Waals surface area (Å²) >= 11 is 0. The highest BCUT2D eigenvalue weighted by molar-refractivity contribution is 5.92. The van der Waals surface area contributed by atoms with Gasteiger partial charge in [-0.2, -0.15) is 0 Å². The van der Waals surface area contributed by atoms with Crippen molar-refractivity contribution in [2.75, 3.05) is 11.9 Å². The zero-order valence-corrected chi connectivity index (χ0v) is 13.9. The number of nitrogens with one attached hydrogen (secondary N) is 1. The van der Waals surface area contributed by atoms with E-state index < -0.39 is 5.97 Å². The molecule has 25 heavy (non-hydrogen) atoms.